The van der Waals surface area contributed by atoms with E-state index in [0.717, 1.165) is 12.5 Å². The van der Waals surface area contributed by atoms with Crippen molar-refractivity contribution in [2.75, 3.05) is 5.32 Å². The third kappa shape index (κ3) is 4.76. The molecule has 1 amide bonds. The fraction of sp³-hybridized carbons (Fsp3) is 0.308. The minimum absolute atomic E-state index is 0.0719. The molecule has 0 saturated heterocycles. The van der Waals surface area contributed by atoms with Crippen molar-refractivity contribution in [3.8, 4) is 0 Å². The Morgan fingerprint density at radius 3 is 2.82 bits per heavy atom. The van der Waals surface area contributed by atoms with Crippen LogP contribution in [0.25, 0.3) is 0 Å². The molecule has 1 aromatic carbocycles. The fourth-order valence-electron chi connectivity index (χ4n) is 1.62. The van der Waals surface area contributed by atoms with Gasteiger partial charge >= 0.3 is 11.5 Å². The molecule has 0 aliphatic carbocycles. The Labute approximate surface area is 128 Å². The van der Waals surface area contributed by atoms with Crippen LogP contribution in [0.3, 0.4) is 0 Å². The van der Waals surface area contributed by atoms with Crippen molar-refractivity contribution in [3.05, 3.63) is 35.7 Å². The number of anilines is 1. The molecule has 0 aliphatic heterocycles. The van der Waals surface area contributed by atoms with E-state index in [4.69, 9.17) is 4.42 Å². The van der Waals surface area contributed by atoms with E-state index in [9.17, 15) is 18.0 Å². The van der Waals surface area contributed by atoms with Crippen LogP contribution in [0.4, 0.5) is 19.2 Å². The number of carbonyl (C=O) groups excluding carboxylic acids is 1. The number of carbonyl (C=O) groups is 1. The van der Waals surface area contributed by atoms with Crippen LogP contribution < -0.4 is 5.32 Å². The zero-order chi connectivity index (χ0) is 16.2. The summed E-state index contributed by atoms with van der Waals surface area (Å²) in [4.78, 5) is 11.9. The number of hydrogen-bond donors (Lipinski definition) is 1. The lowest BCUT2D eigenvalue weighted by atomic mass is 10.2. The van der Waals surface area contributed by atoms with Crippen LogP contribution in [-0.4, -0.2) is 21.6 Å². The van der Waals surface area contributed by atoms with Crippen LogP contribution in [0.1, 0.15) is 29.6 Å². The predicted molar refractivity (Wildman–Crippen MR) is 74.6 cm³/mol. The van der Waals surface area contributed by atoms with E-state index < -0.39 is 11.4 Å². The first kappa shape index (κ1) is 16.3. The minimum atomic E-state index is -4.41. The summed E-state index contributed by atoms with van der Waals surface area (Å²) < 4.78 is 42.2. The topological polar surface area (TPSA) is 68.0 Å². The quantitative estimate of drug-likeness (QED) is 0.842. The van der Waals surface area contributed by atoms with Gasteiger partial charge in [-0.25, -0.2) is 0 Å². The smallest absolute Gasteiger partial charge is 0.408 e. The zero-order valence-electron chi connectivity index (χ0n) is 11.5. The van der Waals surface area contributed by atoms with Crippen molar-refractivity contribution in [2.24, 2.45) is 0 Å². The first-order valence-electron chi connectivity index (χ1n) is 6.37. The van der Waals surface area contributed by atoms with Crippen LogP contribution in [0.5, 0.6) is 0 Å². The van der Waals surface area contributed by atoms with E-state index in [1.807, 2.05) is 6.92 Å². The summed E-state index contributed by atoms with van der Waals surface area (Å²) in [7, 11) is 0. The fourth-order valence-corrected chi connectivity index (χ4v) is 2.22. The number of thioether (sulfide) groups is 1. The number of aryl methyl sites for hydroxylation is 1. The molecule has 0 aliphatic rings. The summed E-state index contributed by atoms with van der Waals surface area (Å²) in [5.41, 5.74) is -4.33. The van der Waals surface area contributed by atoms with E-state index in [0.29, 0.717) is 12.3 Å². The maximum atomic E-state index is 12.3. The van der Waals surface area contributed by atoms with E-state index in [1.165, 1.54) is 18.2 Å². The number of hydrogen-bond acceptors (Lipinski definition) is 5. The van der Waals surface area contributed by atoms with E-state index in [1.54, 1.807) is 0 Å². The number of nitrogens with zero attached hydrogens (tertiary/aromatic N) is 2. The summed E-state index contributed by atoms with van der Waals surface area (Å²) in [6.45, 7) is 1.94. The van der Waals surface area contributed by atoms with Crippen molar-refractivity contribution in [1.82, 2.24) is 10.2 Å². The number of alkyl halides is 3. The van der Waals surface area contributed by atoms with Crippen LogP contribution in [0.2, 0.25) is 0 Å². The van der Waals surface area contributed by atoms with Gasteiger partial charge in [0.05, 0.1) is 0 Å². The lowest BCUT2D eigenvalue weighted by Crippen LogP contribution is -2.12. The zero-order valence-corrected chi connectivity index (χ0v) is 12.3. The minimum Gasteiger partial charge on any atom is -0.408 e. The molecular weight excluding hydrogens is 319 g/mol. The Morgan fingerprint density at radius 1 is 1.36 bits per heavy atom. The van der Waals surface area contributed by atoms with Crippen molar-refractivity contribution >= 4 is 23.7 Å². The van der Waals surface area contributed by atoms with E-state index >= 15 is 0 Å². The van der Waals surface area contributed by atoms with Crippen molar-refractivity contribution in [1.29, 1.82) is 0 Å². The number of amides is 1. The molecular formula is C13H12F3N3O2S. The standard InChI is InChI=1S/C13H12F3N3O2S/c1-2-4-10-18-19-12(21-10)17-11(20)8-5-3-6-9(7-8)22-13(14,15)16/h3,5-7H,2,4H2,1H3,(H,17,19,20). The molecule has 1 N–H and O–H groups in total. The normalized spacial score (nSPS) is 11.5. The highest BCUT2D eigenvalue weighted by Crippen LogP contribution is 2.36. The van der Waals surface area contributed by atoms with Crippen molar-refractivity contribution in [2.45, 2.75) is 30.2 Å². The molecule has 0 spiro atoms. The monoisotopic (exact) mass is 331 g/mol. The summed E-state index contributed by atoms with van der Waals surface area (Å²) in [5.74, 6) is -0.226. The summed E-state index contributed by atoms with van der Waals surface area (Å²) >= 11 is -0.282. The Kier molecular flexibility index (Phi) is 5.07. The Bertz CT molecular complexity index is 658. The third-order valence-corrected chi connectivity index (χ3v) is 3.20. The highest BCUT2D eigenvalue weighted by atomic mass is 32.2. The van der Waals surface area contributed by atoms with Crippen molar-refractivity contribution < 1.29 is 22.4 Å². The van der Waals surface area contributed by atoms with Gasteiger partial charge in [-0.2, -0.15) is 13.2 Å². The molecule has 1 heterocycles. The van der Waals surface area contributed by atoms with Gasteiger partial charge in [0.25, 0.3) is 5.91 Å². The van der Waals surface area contributed by atoms with Gasteiger partial charge in [-0.3, -0.25) is 10.1 Å². The molecule has 0 saturated carbocycles. The summed E-state index contributed by atoms with van der Waals surface area (Å²) in [6, 6.07) is 5.12. The van der Waals surface area contributed by atoms with Crippen LogP contribution in [0, 0.1) is 0 Å². The molecule has 1 aromatic heterocycles. The second-order valence-corrected chi connectivity index (χ2v) is 5.42. The first-order chi connectivity index (χ1) is 10.4. The average Bonchev–Trinajstić information content (AvgIpc) is 2.85. The van der Waals surface area contributed by atoms with Crippen LogP contribution >= 0.6 is 11.8 Å². The highest BCUT2D eigenvalue weighted by molar-refractivity contribution is 8.00. The van der Waals surface area contributed by atoms with Crippen LogP contribution in [-0.2, 0) is 6.42 Å². The summed E-state index contributed by atoms with van der Waals surface area (Å²) in [6.07, 6.45) is 1.40. The number of halogens is 3. The van der Waals surface area contributed by atoms with Crippen molar-refractivity contribution in [3.63, 3.8) is 0 Å². The molecule has 0 fully saturated rings. The second-order valence-electron chi connectivity index (χ2n) is 4.28. The van der Waals surface area contributed by atoms with Gasteiger partial charge in [0, 0.05) is 16.9 Å². The first-order valence-corrected chi connectivity index (χ1v) is 7.18. The lowest BCUT2D eigenvalue weighted by molar-refractivity contribution is -0.0328. The lowest BCUT2D eigenvalue weighted by Gasteiger charge is -2.07. The van der Waals surface area contributed by atoms with Gasteiger partial charge in [0.1, 0.15) is 0 Å². The Balaban J connectivity index is 2.07. The maximum absolute atomic E-state index is 12.3. The largest absolute Gasteiger partial charge is 0.446 e. The van der Waals surface area contributed by atoms with Gasteiger partial charge in [0.2, 0.25) is 5.89 Å². The van der Waals surface area contributed by atoms with Gasteiger partial charge < -0.3 is 4.42 Å². The predicted octanol–water partition coefficient (Wildman–Crippen LogP) is 3.89. The number of nitrogens with one attached hydrogen (secondary N) is 1. The molecule has 118 valence electrons. The summed E-state index contributed by atoms with van der Waals surface area (Å²) in [5, 5.41) is 9.74. The number of benzene rings is 1. The number of rotatable bonds is 5. The number of aromatic nitrogens is 2. The molecule has 0 atom stereocenters. The molecule has 0 unspecified atom stereocenters. The van der Waals surface area contributed by atoms with Crippen LogP contribution in [0.15, 0.2) is 33.6 Å². The third-order valence-electron chi connectivity index (χ3n) is 2.48. The average molecular weight is 331 g/mol. The highest BCUT2D eigenvalue weighted by Gasteiger charge is 2.29. The molecule has 22 heavy (non-hydrogen) atoms. The van der Waals surface area contributed by atoms with Gasteiger partial charge in [0.15, 0.2) is 0 Å². The van der Waals surface area contributed by atoms with Gasteiger partial charge in [-0.05, 0) is 36.4 Å². The SMILES string of the molecule is CCCc1nnc(NC(=O)c2cccc(SC(F)(F)F)c2)o1. The molecule has 0 bridgehead atoms. The second kappa shape index (κ2) is 6.82. The van der Waals surface area contributed by atoms with E-state index in [-0.39, 0.29) is 28.2 Å². The van der Waals surface area contributed by atoms with E-state index in [2.05, 4.69) is 15.5 Å². The van der Waals surface area contributed by atoms with Gasteiger partial charge in [-0.1, -0.05) is 18.1 Å². The Morgan fingerprint density at radius 2 is 2.14 bits per heavy atom. The molecule has 0 radical (unpaired) electrons. The molecule has 5 nitrogen and oxygen atoms in total. The molecule has 2 aromatic rings. The molecule has 2 rings (SSSR count). The Hall–Kier alpha value is -2.03. The van der Waals surface area contributed by atoms with Gasteiger partial charge in [-0.15, -0.1) is 5.10 Å². The molecule has 9 heteroatoms. The maximum Gasteiger partial charge on any atom is 0.446 e.